The molecule has 0 radical (unpaired) electrons. The van der Waals surface area contributed by atoms with E-state index >= 15 is 0 Å². The van der Waals surface area contributed by atoms with Crippen molar-refractivity contribution in [2.24, 2.45) is 11.8 Å². The van der Waals surface area contributed by atoms with Crippen LogP contribution in [-0.4, -0.2) is 11.1 Å². The van der Waals surface area contributed by atoms with Crippen molar-refractivity contribution < 1.29 is 27.5 Å². The molecular formula is C15H16F4O2. The lowest BCUT2D eigenvalue weighted by molar-refractivity contribution is -0.143. The second-order valence-electron chi connectivity index (χ2n) is 5.71. The molecule has 0 heterocycles. The quantitative estimate of drug-likeness (QED) is 0.820. The van der Waals surface area contributed by atoms with E-state index in [1.54, 1.807) is 0 Å². The Morgan fingerprint density at radius 3 is 2.52 bits per heavy atom. The van der Waals surface area contributed by atoms with E-state index in [1.165, 1.54) is 6.07 Å². The van der Waals surface area contributed by atoms with Crippen LogP contribution in [0, 0.1) is 17.7 Å². The Morgan fingerprint density at radius 1 is 1.29 bits per heavy atom. The van der Waals surface area contributed by atoms with Gasteiger partial charge in [-0.25, -0.2) is 4.39 Å². The highest BCUT2D eigenvalue weighted by Crippen LogP contribution is 2.42. The molecule has 2 rings (SSSR count). The standard InChI is InChI=1S/C15H16F4O2/c1-8-2-4-10(14(20)21)11(6-8)9-3-5-13(16)12(7-9)15(17,18)19/h3,5,7-8,10-11H,2,4,6H2,1H3,(H,20,21). The summed E-state index contributed by atoms with van der Waals surface area (Å²) in [4.78, 5) is 11.3. The van der Waals surface area contributed by atoms with Crippen molar-refractivity contribution in [3.05, 3.63) is 35.1 Å². The predicted octanol–water partition coefficient (Wildman–Crippen LogP) is 4.45. The van der Waals surface area contributed by atoms with Crippen LogP contribution < -0.4 is 0 Å². The molecule has 3 atom stereocenters. The highest BCUT2D eigenvalue weighted by atomic mass is 19.4. The van der Waals surface area contributed by atoms with Gasteiger partial charge in [0.15, 0.2) is 0 Å². The summed E-state index contributed by atoms with van der Waals surface area (Å²) in [5.74, 6) is -3.32. The number of halogens is 4. The zero-order valence-corrected chi connectivity index (χ0v) is 11.5. The third-order valence-electron chi connectivity index (χ3n) is 4.15. The molecule has 1 aromatic rings. The first kappa shape index (κ1) is 15.8. The molecule has 116 valence electrons. The third-order valence-corrected chi connectivity index (χ3v) is 4.15. The first-order valence-corrected chi connectivity index (χ1v) is 6.79. The van der Waals surface area contributed by atoms with Gasteiger partial charge < -0.3 is 5.11 Å². The lowest BCUT2D eigenvalue weighted by Gasteiger charge is -2.33. The van der Waals surface area contributed by atoms with Crippen molar-refractivity contribution in [2.45, 2.75) is 38.3 Å². The van der Waals surface area contributed by atoms with Crippen LogP contribution in [0.15, 0.2) is 18.2 Å². The molecule has 0 aromatic heterocycles. The first-order valence-electron chi connectivity index (χ1n) is 6.79. The Bertz CT molecular complexity index is 539. The lowest BCUT2D eigenvalue weighted by Crippen LogP contribution is -2.28. The average Bonchev–Trinajstić information content (AvgIpc) is 2.37. The SMILES string of the molecule is CC1CCC(C(=O)O)C(c2ccc(F)c(C(F)(F)F)c2)C1. The summed E-state index contributed by atoms with van der Waals surface area (Å²) in [6.45, 7) is 1.94. The van der Waals surface area contributed by atoms with Crippen molar-refractivity contribution in [3.63, 3.8) is 0 Å². The summed E-state index contributed by atoms with van der Waals surface area (Å²) in [5, 5.41) is 9.24. The van der Waals surface area contributed by atoms with Gasteiger partial charge in [-0.15, -0.1) is 0 Å². The van der Waals surface area contributed by atoms with Crippen LogP contribution in [0.2, 0.25) is 0 Å². The van der Waals surface area contributed by atoms with Gasteiger partial charge in [0.25, 0.3) is 0 Å². The van der Waals surface area contributed by atoms with Gasteiger partial charge in [-0.2, -0.15) is 13.2 Å². The van der Waals surface area contributed by atoms with Crippen molar-refractivity contribution in [1.29, 1.82) is 0 Å². The van der Waals surface area contributed by atoms with Gasteiger partial charge in [-0.1, -0.05) is 13.0 Å². The van der Waals surface area contributed by atoms with Crippen molar-refractivity contribution >= 4 is 5.97 Å². The van der Waals surface area contributed by atoms with E-state index in [2.05, 4.69) is 0 Å². The number of carbonyl (C=O) groups is 1. The van der Waals surface area contributed by atoms with E-state index in [4.69, 9.17) is 0 Å². The van der Waals surface area contributed by atoms with Crippen LogP contribution in [0.4, 0.5) is 17.6 Å². The maximum Gasteiger partial charge on any atom is 0.419 e. The molecule has 2 nitrogen and oxygen atoms in total. The number of benzene rings is 1. The zero-order chi connectivity index (χ0) is 15.8. The Labute approximate surface area is 119 Å². The largest absolute Gasteiger partial charge is 0.481 e. The van der Waals surface area contributed by atoms with Crippen LogP contribution in [0.3, 0.4) is 0 Å². The topological polar surface area (TPSA) is 37.3 Å². The fourth-order valence-electron chi connectivity index (χ4n) is 3.04. The minimum Gasteiger partial charge on any atom is -0.481 e. The number of rotatable bonds is 2. The van der Waals surface area contributed by atoms with Gasteiger partial charge in [0.05, 0.1) is 11.5 Å². The Hall–Kier alpha value is -1.59. The molecule has 6 heteroatoms. The first-order chi connectivity index (χ1) is 9.70. The molecule has 0 spiro atoms. The molecular weight excluding hydrogens is 288 g/mol. The maximum absolute atomic E-state index is 13.3. The van der Waals surface area contributed by atoms with Gasteiger partial charge >= 0.3 is 12.1 Å². The molecule has 1 saturated carbocycles. The highest BCUT2D eigenvalue weighted by molar-refractivity contribution is 5.71. The number of carboxylic acids is 1. The number of carboxylic acid groups (broad SMARTS) is 1. The van der Waals surface area contributed by atoms with Gasteiger partial charge in [0.2, 0.25) is 0 Å². The molecule has 1 fully saturated rings. The lowest BCUT2D eigenvalue weighted by atomic mass is 9.71. The molecule has 0 bridgehead atoms. The summed E-state index contributed by atoms with van der Waals surface area (Å²) < 4.78 is 51.6. The normalized spacial score (nSPS) is 26.6. The summed E-state index contributed by atoms with van der Waals surface area (Å²) in [6, 6.07) is 2.80. The Kier molecular flexibility index (Phi) is 4.25. The average molecular weight is 304 g/mol. The van der Waals surface area contributed by atoms with Gasteiger partial charge in [0, 0.05) is 0 Å². The maximum atomic E-state index is 13.3. The van der Waals surface area contributed by atoms with Crippen molar-refractivity contribution in [3.8, 4) is 0 Å². The summed E-state index contributed by atoms with van der Waals surface area (Å²) in [5.41, 5.74) is -1.08. The van der Waals surface area contributed by atoms with Gasteiger partial charge in [0.1, 0.15) is 5.82 Å². The van der Waals surface area contributed by atoms with Crippen LogP contribution in [0.25, 0.3) is 0 Å². The van der Waals surface area contributed by atoms with E-state index in [0.29, 0.717) is 12.8 Å². The summed E-state index contributed by atoms with van der Waals surface area (Å²) >= 11 is 0. The van der Waals surface area contributed by atoms with E-state index in [1.807, 2.05) is 6.92 Å². The number of hydrogen-bond acceptors (Lipinski definition) is 1. The minimum absolute atomic E-state index is 0.241. The molecule has 0 aliphatic heterocycles. The number of aliphatic carboxylic acids is 1. The van der Waals surface area contributed by atoms with E-state index in [9.17, 15) is 27.5 Å². The highest BCUT2D eigenvalue weighted by Gasteiger charge is 2.38. The summed E-state index contributed by atoms with van der Waals surface area (Å²) in [6.07, 6.45) is -3.11. The molecule has 1 aliphatic carbocycles. The second kappa shape index (κ2) is 5.66. The fourth-order valence-corrected chi connectivity index (χ4v) is 3.04. The Balaban J connectivity index is 2.41. The van der Waals surface area contributed by atoms with Crippen LogP contribution in [-0.2, 0) is 11.0 Å². The number of alkyl halides is 3. The molecule has 0 amide bonds. The van der Waals surface area contributed by atoms with Gasteiger partial charge in [-0.05, 0) is 48.8 Å². The number of hydrogen-bond donors (Lipinski definition) is 1. The van der Waals surface area contributed by atoms with E-state index < -0.39 is 35.4 Å². The summed E-state index contributed by atoms with van der Waals surface area (Å²) in [7, 11) is 0. The minimum atomic E-state index is -4.78. The van der Waals surface area contributed by atoms with E-state index in [-0.39, 0.29) is 11.5 Å². The van der Waals surface area contributed by atoms with E-state index in [0.717, 1.165) is 18.6 Å². The molecule has 0 saturated heterocycles. The molecule has 1 aromatic carbocycles. The van der Waals surface area contributed by atoms with Crippen LogP contribution >= 0.6 is 0 Å². The third kappa shape index (κ3) is 3.36. The van der Waals surface area contributed by atoms with Crippen LogP contribution in [0.1, 0.15) is 43.2 Å². The molecule has 1 aliphatic rings. The zero-order valence-electron chi connectivity index (χ0n) is 11.5. The fraction of sp³-hybridized carbons (Fsp3) is 0.533. The van der Waals surface area contributed by atoms with Gasteiger partial charge in [-0.3, -0.25) is 4.79 Å². The smallest absolute Gasteiger partial charge is 0.419 e. The van der Waals surface area contributed by atoms with Crippen LogP contribution in [0.5, 0.6) is 0 Å². The molecule has 3 unspecified atom stereocenters. The second-order valence-corrected chi connectivity index (χ2v) is 5.71. The predicted molar refractivity (Wildman–Crippen MR) is 68.3 cm³/mol. The monoisotopic (exact) mass is 304 g/mol. The molecule has 1 N–H and O–H groups in total. The van der Waals surface area contributed by atoms with Crippen molar-refractivity contribution in [1.82, 2.24) is 0 Å². The molecule has 21 heavy (non-hydrogen) atoms. The Morgan fingerprint density at radius 2 is 1.95 bits per heavy atom. The van der Waals surface area contributed by atoms with Crippen molar-refractivity contribution in [2.75, 3.05) is 0 Å².